The van der Waals surface area contributed by atoms with Gasteiger partial charge in [0.15, 0.2) is 5.65 Å². The van der Waals surface area contributed by atoms with Gasteiger partial charge in [0, 0.05) is 44.0 Å². The normalized spacial score (nSPS) is 17.1. The molecule has 0 bridgehead atoms. The fraction of sp³-hybridized carbons (Fsp3) is 0.261. The molecule has 3 aromatic heterocycles. The quantitative estimate of drug-likeness (QED) is 0.351. The Morgan fingerprint density at radius 2 is 2.09 bits per heavy atom. The van der Waals surface area contributed by atoms with Gasteiger partial charge in [-0.1, -0.05) is 17.7 Å². The van der Waals surface area contributed by atoms with Crippen molar-refractivity contribution < 1.29 is 12.8 Å². The molecular weight excluding hydrogens is 559 g/mol. The summed E-state index contributed by atoms with van der Waals surface area (Å²) < 4.78 is 44.0. The van der Waals surface area contributed by atoms with E-state index < -0.39 is 15.8 Å². The molecule has 4 heterocycles. The Bertz CT molecular complexity index is 1480. The van der Waals surface area contributed by atoms with E-state index in [0.29, 0.717) is 25.2 Å². The summed E-state index contributed by atoms with van der Waals surface area (Å²) in [6.45, 7) is 1.17. The summed E-state index contributed by atoms with van der Waals surface area (Å²) in [6.07, 6.45) is 6.64. The largest absolute Gasteiger partial charge is 0.366 e. The molecule has 1 aromatic carbocycles. The number of fused-ring (bicyclic) bond motifs is 1. The van der Waals surface area contributed by atoms with Gasteiger partial charge in [-0.25, -0.2) is 17.8 Å². The number of halogens is 3. The number of nitrogens with one attached hydrogen (secondary N) is 1. The molecule has 12 heteroatoms. The topological polar surface area (TPSA) is 92.5 Å². The number of hydrogen-bond acceptors (Lipinski definition) is 6. The maximum Gasteiger partial charge on any atom is 0.243 e. The molecule has 8 nitrogen and oxygen atoms in total. The summed E-state index contributed by atoms with van der Waals surface area (Å²) in [7, 11) is -3.83. The van der Waals surface area contributed by atoms with Crippen LogP contribution in [0.2, 0.25) is 5.02 Å². The summed E-state index contributed by atoms with van der Waals surface area (Å²) in [5.74, 6) is -0.0395. The summed E-state index contributed by atoms with van der Waals surface area (Å²) in [5, 5.41) is 7.58. The molecule has 1 unspecified atom stereocenters. The molecular formula is C23H21BrClFN6O2S. The zero-order valence-corrected chi connectivity index (χ0v) is 21.6. The summed E-state index contributed by atoms with van der Waals surface area (Å²) in [4.78, 5) is 8.92. The summed E-state index contributed by atoms with van der Waals surface area (Å²) >= 11 is 9.35. The van der Waals surface area contributed by atoms with Crippen molar-refractivity contribution in [1.82, 2.24) is 23.9 Å². The van der Waals surface area contributed by atoms with Crippen molar-refractivity contribution in [2.45, 2.75) is 30.2 Å². The molecule has 0 spiro atoms. The number of anilines is 1. The van der Waals surface area contributed by atoms with Crippen LogP contribution >= 0.6 is 27.5 Å². The van der Waals surface area contributed by atoms with Gasteiger partial charge in [-0.15, -0.1) is 0 Å². The number of hydrogen-bond donors (Lipinski definition) is 1. The fourth-order valence-electron chi connectivity index (χ4n) is 4.17. The second-order valence-electron chi connectivity index (χ2n) is 8.29. The van der Waals surface area contributed by atoms with Crippen LogP contribution in [0.15, 0.2) is 64.4 Å². The number of rotatable bonds is 6. The SMILES string of the molecule is O=S(=O)(c1ccc(F)c(Cl)c1)N1CCCC(c2cc(NCc3cccnc3)n3ncc(Br)c3n2)C1. The summed E-state index contributed by atoms with van der Waals surface area (Å²) in [6, 6.07) is 9.24. The zero-order chi connectivity index (χ0) is 24.6. The predicted molar refractivity (Wildman–Crippen MR) is 134 cm³/mol. The Hall–Kier alpha value is -2.60. The van der Waals surface area contributed by atoms with Crippen LogP contribution in [-0.4, -0.2) is 45.4 Å². The number of piperidine rings is 1. The first-order chi connectivity index (χ1) is 16.8. The van der Waals surface area contributed by atoms with E-state index in [1.807, 2.05) is 18.2 Å². The van der Waals surface area contributed by atoms with Crippen LogP contribution in [0.3, 0.4) is 0 Å². The van der Waals surface area contributed by atoms with Crippen molar-refractivity contribution in [1.29, 1.82) is 0 Å². The van der Waals surface area contributed by atoms with E-state index in [0.717, 1.165) is 40.1 Å². The van der Waals surface area contributed by atoms with E-state index in [-0.39, 0.29) is 22.4 Å². The minimum Gasteiger partial charge on any atom is -0.366 e. The zero-order valence-electron chi connectivity index (χ0n) is 18.4. The number of benzene rings is 1. The van der Waals surface area contributed by atoms with Gasteiger partial charge < -0.3 is 5.32 Å². The number of nitrogens with zero attached hydrogens (tertiary/aromatic N) is 5. The molecule has 1 fully saturated rings. The molecule has 1 aliphatic heterocycles. The fourth-order valence-corrected chi connectivity index (χ4v) is 6.32. The Balaban J connectivity index is 1.44. The van der Waals surface area contributed by atoms with Gasteiger partial charge in [-0.05, 0) is 58.6 Å². The maximum absolute atomic E-state index is 13.6. The van der Waals surface area contributed by atoms with E-state index in [9.17, 15) is 12.8 Å². The average Bonchev–Trinajstić information content (AvgIpc) is 3.25. The molecule has 182 valence electrons. The van der Waals surface area contributed by atoms with Crippen LogP contribution in [0.5, 0.6) is 0 Å². The smallest absolute Gasteiger partial charge is 0.243 e. The molecule has 1 aliphatic rings. The van der Waals surface area contributed by atoms with Crippen LogP contribution in [0.4, 0.5) is 10.2 Å². The maximum atomic E-state index is 13.6. The average molecular weight is 580 g/mol. The van der Waals surface area contributed by atoms with Crippen molar-refractivity contribution in [2.24, 2.45) is 0 Å². The molecule has 5 rings (SSSR count). The minimum atomic E-state index is -3.83. The first-order valence-corrected chi connectivity index (χ1v) is 13.6. The molecule has 4 aromatic rings. The van der Waals surface area contributed by atoms with Crippen LogP contribution < -0.4 is 5.32 Å². The first kappa shape index (κ1) is 24.1. The highest BCUT2D eigenvalue weighted by molar-refractivity contribution is 9.10. The minimum absolute atomic E-state index is 0.0228. The molecule has 1 N–H and O–H groups in total. The molecule has 0 amide bonds. The Morgan fingerprint density at radius 1 is 1.23 bits per heavy atom. The molecule has 1 atom stereocenters. The van der Waals surface area contributed by atoms with E-state index in [4.69, 9.17) is 16.6 Å². The van der Waals surface area contributed by atoms with Gasteiger partial charge in [0.05, 0.1) is 26.3 Å². The lowest BCUT2D eigenvalue weighted by Gasteiger charge is -2.32. The van der Waals surface area contributed by atoms with E-state index >= 15 is 0 Å². The number of aromatic nitrogens is 4. The Labute approximate surface area is 215 Å². The Kier molecular flexibility index (Phi) is 6.75. The lowest BCUT2D eigenvalue weighted by Crippen LogP contribution is -2.39. The van der Waals surface area contributed by atoms with Crippen LogP contribution in [0, 0.1) is 5.82 Å². The van der Waals surface area contributed by atoms with Gasteiger partial charge in [-0.2, -0.15) is 13.9 Å². The highest BCUT2D eigenvalue weighted by Crippen LogP contribution is 2.33. The molecule has 0 saturated carbocycles. The monoisotopic (exact) mass is 578 g/mol. The van der Waals surface area contributed by atoms with Gasteiger partial charge >= 0.3 is 0 Å². The second-order valence-corrected chi connectivity index (χ2v) is 11.5. The highest BCUT2D eigenvalue weighted by Gasteiger charge is 2.32. The van der Waals surface area contributed by atoms with Gasteiger partial charge in [-0.3, -0.25) is 4.98 Å². The van der Waals surface area contributed by atoms with Gasteiger partial charge in [0.25, 0.3) is 0 Å². The number of pyridine rings is 1. The van der Waals surface area contributed by atoms with Crippen molar-refractivity contribution in [3.8, 4) is 0 Å². The van der Waals surface area contributed by atoms with Crippen molar-refractivity contribution in [3.63, 3.8) is 0 Å². The molecule has 1 saturated heterocycles. The second kappa shape index (κ2) is 9.81. The molecule has 0 radical (unpaired) electrons. The first-order valence-electron chi connectivity index (χ1n) is 10.9. The third-order valence-corrected chi connectivity index (χ3v) is 8.69. The van der Waals surface area contributed by atoms with Gasteiger partial charge in [0.1, 0.15) is 11.6 Å². The predicted octanol–water partition coefficient (Wildman–Crippen LogP) is 4.86. The third kappa shape index (κ3) is 4.90. The third-order valence-electron chi connectivity index (χ3n) is 5.98. The van der Waals surface area contributed by atoms with Crippen molar-refractivity contribution >= 4 is 49.0 Å². The standard InChI is InChI=1S/C23H21BrClFN6O2S/c24-18-13-29-32-22(28-12-15-3-1-7-27-11-15)10-21(30-23(18)32)16-4-2-8-31(14-16)35(33,34)17-5-6-20(26)19(25)9-17/h1,3,5-7,9-11,13,16,28H,2,4,8,12,14H2. The lowest BCUT2D eigenvalue weighted by molar-refractivity contribution is 0.312. The Morgan fingerprint density at radius 3 is 2.86 bits per heavy atom. The van der Waals surface area contributed by atoms with E-state index in [1.54, 1.807) is 23.1 Å². The lowest BCUT2D eigenvalue weighted by atomic mass is 9.96. The highest BCUT2D eigenvalue weighted by atomic mass is 79.9. The van der Waals surface area contributed by atoms with Gasteiger partial charge in [0.2, 0.25) is 10.0 Å². The van der Waals surface area contributed by atoms with Crippen LogP contribution in [0.25, 0.3) is 5.65 Å². The van der Waals surface area contributed by atoms with E-state index in [1.165, 1.54) is 10.4 Å². The van der Waals surface area contributed by atoms with Crippen LogP contribution in [-0.2, 0) is 16.6 Å². The molecule has 35 heavy (non-hydrogen) atoms. The number of sulfonamides is 1. The summed E-state index contributed by atoms with van der Waals surface area (Å²) in [5.41, 5.74) is 2.42. The van der Waals surface area contributed by atoms with Crippen molar-refractivity contribution in [3.05, 3.63) is 81.6 Å². The van der Waals surface area contributed by atoms with Crippen LogP contribution in [0.1, 0.15) is 30.0 Å². The van der Waals surface area contributed by atoms with Crippen molar-refractivity contribution in [2.75, 3.05) is 18.4 Å². The van der Waals surface area contributed by atoms with E-state index in [2.05, 4.69) is 31.3 Å². The molecule has 0 aliphatic carbocycles.